The molecule has 0 heterocycles. The Labute approximate surface area is 152 Å². The molecule has 2 aliphatic carbocycles. The molecule has 2 atom stereocenters. The van der Waals surface area contributed by atoms with Crippen LogP contribution in [0.2, 0.25) is 5.02 Å². The van der Waals surface area contributed by atoms with E-state index >= 15 is 0 Å². The van der Waals surface area contributed by atoms with Crippen molar-refractivity contribution in [1.29, 1.82) is 0 Å². The first-order valence-corrected chi connectivity index (χ1v) is 8.90. The van der Waals surface area contributed by atoms with Crippen molar-refractivity contribution in [2.45, 2.75) is 40.0 Å². The second-order valence-corrected chi connectivity index (χ2v) is 8.11. The minimum atomic E-state index is -0.563. The van der Waals surface area contributed by atoms with E-state index in [9.17, 15) is 9.59 Å². The molecule has 1 aromatic carbocycles. The first kappa shape index (κ1) is 17.9. The molecule has 2 unspecified atom stereocenters. The number of esters is 1. The van der Waals surface area contributed by atoms with Crippen LogP contribution in [-0.2, 0) is 9.53 Å². The second kappa shape index (κ2) is 6.45. The van der Waals surface area contributed by atoms with Crippen molar-refractivity contribution in [2.75, 3.05) is 6.61 Å². The lowest BCUT2D eigenvalue weighted by Gasteiger charge is -2.34. The molecule has 25 heavy (non-hydrogen) atoms. The fourth-order valence-electron chi connectivity index (χ4n) is 4.06. The van der Waals surface area contributed by atoms with Crippen LogP contribution in [0.5, 0.6) is 0 Å². The van der Waals surface area contributed by atoms with Crippen LogP contribution in [-0.4, -0.2) is 24.2 Å². The molecule has 2 bridgehead atoms. The minimum Gasteiger partial charge on any atom is -0.452 e. The number of carbonyl (C=O) groups is 2. The van der Waals surface area contributed by atoms with Gasteiger partial charge in [-0.25, -0.2) is 10.2 Å². The summed E-state index contributed by atoms with van der Waals surface area (Å²) in [5, 5.41) is 4.88. The van der Waals surface area contributed by atoms with Gasteiger partial charge in [0, 0.05) is 16.1 Å². The summed E-state index contributed by atoms with van der Waals surface area (Å²) < 4.78 is 5.01. The molecule has 3 rings (SSSR count). The van der Waals surface area contributed by atoms with Crippen molar-refractivity contribution in [3.63, 3.8) is 0 Å². The normalized spacial score (nSPS) is 28.2. The van der Waals surface area contributed by atoms with Gasteiger partial charge in [0.05, 0.1) is 5.56 Å². The van der Waals surface area contributed by atoms with Crippen LogP contribution < -0.4 is 5.43 Å². The predicted molar refractivity (Wildman–Crippen MR) is 96.5 cm³/mol. The standard InChI is InChI=1S/C19H23ClN2O3/c1-18(2)13-8-9-19(18,3)15(10-13)21-22-16(23)11-25-17(24)12-4-6-14(20)7-5-12/h4-7,13H,8-11H2,1-3H3,(H,22,23). The number of hydrazone groups is 1. The summed E-state index contributed by atoms with van der Waals surface area (Å²) in [4.78, 5) is 23.8. The number of nitrogens with one attached hydrogen (secondary N) is 1. The molecule has 2 aliphatic rings. The Morgan fingerprint density at radius 3 is 2.52 bits per heavy atom. The number of benzene rings is 1. The molecule has 6 heteroatoms. The van der Waals surface area contributed by atoms with Crippen LogP contribution in [0.3, 0.4) is 0 Å². The molecule has 134 valence electrons. The van der Waals surface area contributed by atoms with Gasteiger partial charge in [0.1, 0.15) is 0 Å². The van der Waals surface area contributed by atoms with E-state index in [1.54, 1.807) is 24.3 Å². The van der Waals surface area contributed by atoms with Gasteiger partial charge in [-0.1, -0.05) is 32.4 Å². The molecule has 0 aromatic heterocycles. The van der Waals surface area contributed by atoms with Gasteiger partial charge in [-0.05, 0) is 54.9 Å². The first-order chi connectivity index (χ1) is 11.7. The van der Waals surface area contributed by atoms with E-state index in [1.165, 1.54) is 6.42 Å². The van der Waals surface area contributed by atoms with Crippen molar-refractivity contribution in [1.82, 2.24) is 5.43 Å². The lowest BCUT2D eigenvalue weighted by atomic mass is 9.70. The molecule has 0 radical (unpaired) electrons. The van der Waals surface area contributed by atoms with E-state index in [2.05, 4.69) is 31.3 Å². The molecule has 5 nitrogen and oxygen atoms in total. The van der Waals surface area contributed by atoms with Gasteiger partial charge in [-0.3, -0.25) is 4.79 Å². The third-order valence-corrected chi connectivity index (χ3v) is 6.49. The Morgan fingerprint density at radius 2 is 1.96 bits per heavy atom. The second-order valence-electron chi connectivity index (χ2n) is 7.67. The van der Waals surface area contributed by atoms with Crippen LogP contribution in [0.25, 0.3) is 0 Å². The summed E-state index contributed by atoms with van der Waals surface area (Å²) in [7, 11) is 0. The summed E-state index contributed by atoms with van der Waals surface area (Å²) in [5.74, 6) is -0.373. The average Bonchev–Trinajstić information content (AvgIpc) is 2.91. The third kappa shape index (κ3) is 3.17. The van der Waals surface area contributed by atoms with E-state index in [0.29, 0.717) is 16.5 Å². The number of ether oxygens (including phenoxy) is 1. The molecule has 2 fully saturated rings. The van der Waals surface area contributed by atoms with E-state index in [0.717, 1.165) is 18.6 Å². The maximum absolute atomic E-state index is 11.9. The smallest absolute Gasteiger partial charge is 0.338 e. The monoisotopic (exact) mass is 362 g/mol. The van der Waals surface area contributed by atoms with Crippen LogP contribution in [0.4, 0.5) is 0 Å². The fraction of sp³-hybridized carbons (Fsp3) is 0.526. The zero-order valence-corrected chi connectivity index (χ0v) is 15.5. The number of fused-ring (bicyclic) bond motifs is 2. The van der Waals surface area contributed by atoms with Crippen LogP contribution in [0.1, 0.15) is 50.4 Å². The Morgan fingerprint density at radius 1 is 1.28 bits per heavy atom. The van der Waals surface area contributed by atoms with E-state index < -0.39 is 11.9 Å². The molecular formula is C19H23ClN2O3. The molecule has 0 spiro atoms. The highest BCUT2D eigenvalue weighted by Crippen LogP contribution is 2.63. The molecule has 1 aromatic rings. The predicted octanol–water partition coefficient (Wildman–Crippen LogP) is 3.82. The van der Waals surface area contributed by atoms with Crippen molar-refractivity contribution in [3.05, 3.63) is 34.9 Å². The quantitative estimate of drug-likeness (QED) is 0.654. The van der Waals surface area contributed by atoms with Gasteiger partial charge in [-0.2, -0.15) is 5.10 Å². The molecule has 0 aliphatic heterocycles. The highest BCUT2D eigenvalue weighted by atomic mass is 35.5. The highest BCUT2D eigenvalue weighted by molar-refractivity contribution is 6.30. The number of amides is 1. The molecular weight excluding hydrogens is 340 g/mol. The van der Waals surface area contributed by atoms with Gasteiger partial charge in [0.15, 0.2) is 6.61 Å². The number of hydrogen-bond acceptors (Lipinski definition) is 4. The van der Waals surface area contributed by atoms with Gasteiger partial charge in [0.2, 0.25) is 0 Å². The van der Waals surface area contributed by atoms with Gasteiger partial charge >= 0.3 is 5.97 Å². The largest absolute Gasteiger partial charge is 0.452 e. The SMILES string of the molecule is CC12CCC(CC1=NNC(=O)COC(=O)c1ccc(Cl)cc1)C2(C)C. The number of rotatable bonds is 4. The molecule has 2 saturated carbocycles. The molecule has 1 amide bonds. The van der Waals surface area contributed by atoms with Gasteiger partial charge in [0.25, 0.3) is 5.91 Å². The maximum atomic E-state index is 11.9. The summed E-state index contributed by atoms with van der Waals surface area (Å²) in [6, 6.07) is 6.31. The average molecular weight is 363 g/mol. The molecule has 1 N–H and O–H groups in total. The summed E-state index contributed by atoms with van der Waals surface area (Å²) in [5.41, 5.74) is 4.18. The summed E-state index contributed by atoms with van der Waals surface area (Å²) >= 11 is 5.77. The highest BCUT2D eigenvalue weighted by Gasteiger charge is 2.59. The van der Waals surface area contributed by atoms with Crippen LogP contribution in [0, 0.1) is 16.7 Å². The van der Waals surface area contributed by atoms with Crippen molar-refractivity contribution < 1.29 is 14.3 Å². The van der Waals surface area contributed by atoms with Crippen molar-refractivity contribution >= 4 is 29.2 Å². The lowest BCUT2D eigenvalue weighted by molar-refractivity contribution is -0.124. The van der Waals surface area contributed by atoms with Gasteiger partial charge < -0.3 is 4.74 Å². The Kier molecular flexibility index (Phi) is 4.62. The first-order valence-electron chi connectivity index (χ1n) is 8.52. The molecule has 0 saturated heterocycles. The fourth-order valence-corrected chi connectivity index (χ4v) is 4.19. The summed E-state index contributed by atoms with van der Waals surface area (Å²) in [6.07, 6.45) is 3.24. The number of hydrogen-bond donors (Lipinski definition) is 1. The van der Waals surface area contributed by atoms with Crippen LogP contribution >= 0.6 is 11.6 Å². The minimum absolute atomic E-state index is 0.0327. The Bertz CT molecular complexity index is 727. The Balaban J connectivity index is 1.54. The lowest BCUT2D eigenvalue weighted by Crippen LogP contribution is -2.34. The number of nitrogens with zero attached hydrogens (tertiary/aromatic N) is 1. The van der Waals surface area contributed by atoms with E-state index in [4.69, 9.17) is 16.3 Å². The van der Waals surface area contributed by atoms with Crippen molar-refractivity contribution in [2.24, 2.45) is 21.8 Å². The van der Waals surface area contributed by atoms with Crippen LogP contribution in [0.15, 0.2) is 29.4 Å². The zero-order valence-electron chi connectivity index (χ0n) is 14.8. The topological polar surface area (TPSA) is 67.8 Å². The zero-order chi connectivity index (χ0) is 18.2. The summed E-state index contributed by atoms with van der Waals surface area (Å²) in [6.45, 7) is 6.43. The van der Waals surface area contributed by atoms with Crippen molar-refractivity contribution in [3.8, 4) is 0 Å². The maximum Gasteiger partial charge on any atom is 0.338 e. The van der Waals surface area contributed by atoms with E-state index in [-0.39, 0.29) is 17.4 Å². The third-order valence-electron chi connectivity index (χ3n) is 6.24. The van der Waals surface area contributed by atoms with Gasteiger partial charge in [-0.15, -0.1) is 0 Å². The van der Waals surface area contributed by atoms with E-state index in [1.807, 2.05) is 0 Å². The number of carbonyl (C=O) groups excluding carboxylic acids is 2. The Hall–Kier alpha value is -1.88. The number of halogens is 1.